The molecule has 9 atom stereocenters. The number of benzene rings is 1. The molecule has 0 radical (unpaired) electrons. The highest BCUT2D eigenvalue weighted by Gasteiger charge is 2.70. The number of fused-ring (bicyclic) bond motifs is 7. The average Bonchev–Trinajstić information content (AvgIpc) is 3.41. The molecule has 0 aromatic heterocycles. The standard InChI is InChI=1S/C45H66ClNO4.CH4O/c1-28(2)38-32(49)24-45(36(50)26-47-25-30-12-11-13-31(46)22-30)21-16-35-43(9)18-14-33-41(6,7)37(51-29(3)23-40(4,5)27-48)17-20-42(33,8)34(43)15-19-44(35,10)39(38)45;1-2/h11-13,22,27-28,33-37,47,50H,3,14-21,23-26H2,1-2,4-10H3;2H,1H3. The second-order valence-electron chi connectivity index (χ2n) is 20.0. The van der Waals surface area contributed by atoms with Crippen LogP contribution in [0.3, 0.4) is 0 Å². The van der Waals surface area contributed by atoms with Crippen LogP contribution in [0.2, 0.25) is 5.02 Å². The summed E-state index contributed by atoms with van der Waals surface area (Å²) in [6.45, 7) is 26.2. The zero-order chi connectivity index (χ0) is 39.4. The SMILES string of the molecule is C=C(CC(C)(C)C=O)OC1CCC2(C)C(CCC3(C)C4CCC5(C(O)CNCc6cccc(Cl)c6)CC(=O)C(C(C)C)=C5C4(C)CCC32)C1(C)C.CO. The molecule has 0 spiro atoms. The lowest BCUT2D eigenvalue weighted by molar-refractivity contribution is -0.219. The van der Waals surface area contributed by atoms with Gasteiger partial charge in [-0.2, -0.15) is 0 Å². The number of Topliss-reactive ketones (excluding diaryl/α,β-unsaturated/α-hetero) is 1. The maximum Gasteiger partial charge on any atom is 0.160 e. The van der Waals surface area contributed by atoms with E-state index in [1.807, 2.05) is 32.0 Å². The molecule has 0 bridgehead atoms. The first-order chi connectivity index (χ1) is 24.7. The van der Waals surface area contributed by atoms with E-state index < -0.39 is 16.9 Å². The molecule has 0 amide bonds. The number of carbonyl (C=O) groups excluding carboxylic acids is 2. The molecule has 4 fully saturated rings. The second kappa shape index (κ2) is 15.2. The highest BCUT2D eigenvalue weighted by Crippen LogP contribution is 2.76. The number of nitrogens with one attached hydrogen (secondary N) is 1. The number of ether oxygens (including phenoxy) is 1. The summed E-state index contributed by atoms with van der Waals surface area (Å²) in [6.07, 6.45) is 10.1. The predicted molar refractivity (Wildman–Crippen MR) is 215 cm³/mol. The summed E-state index contributed by atoms with van der Waals surface area (Å²) in [6, 6.07) is 7.87. The van der Waals surface area contributed by atoms with Crippen LogP contribution in [0, 0.1) is 56.2 Å². The van der Waals surface area contributed by atoms with Crippen LogP contribution >= 0.6 is 11.6 Å². The van der Waals surface area contributed by atoms with Gasteiger partial charge in [0.25, 0.3) is 0 Å². The van der Waals surface area contributed by atoms with Gasteiger partial charge in [-0.1, -0.05) is 92.6 Å². The number of carbonyl (C=O) groups is 2. The van der Waals surface area contributed by atoms with Crippen molar-refractivity contribution >= 4 is 23.7 Å². The Bertz CT molecular complexity index is 1580. The number of allylic oxidation sites excluding steroid dienone is 2. The Morgan fingerprint density at radius 2 is 1.62 bits per heavy atom. The summed E-state index contributed by atoms with van der Waals surface area (Å²) in [5, 5.41) is 23.4. The molecule has 6 rings (SSSR count). The van der Waals surface area contributed by atoms with Gasteiger partial charge in [-0.15, -0.1) is 0 Å². The van der Waals surface area contributed by atoms with Crippen molar-refractivity contribution in [1.82, 2.24) is 5.32 Å². The maximum absolute atomic E-state index is 14.1. The number of halogens is 1. The molecule has 0 saturated heterocycles. The first-order valence-corrected chi connectivity index (χ1v) is 20.8. The molecule has 7 heteroatoms. The van der Waals surface area contributed by atoms with Gasteiger partial charge in [0.2, 0.25) is 0 Å². The first kappa shape index (κ1) is 42.2. The largest absolute Gasteiger partial charge is 0.495 e. The normalized spacial score (nSPS) is 36.7. The summed E-state index contributed by atoms with van der Waals surface area (Å²) >= 11 is 6.25. The van der Waals surface area contributed by atoms with E-state index in [-0.39, 0.29) is 39.5 Å². The van der Waals surface area contributed by atoms with Gasteiger partial charge in [-0.05, 0) is 120 Å². The number of ketones is 1. The Labute approximate surface area is 326 Å². The van der Waals surface area contributed by atoms with Gasteiger partial charge in [0, 0.05) is 54.3 Å². The highest BCUT2D eigenvalue weighted by molar-refractivity contribution is 6.30. The molecule has 1 aromatic rings. The monoisotopic (exact) mass is 751 g/mol. The molecule has 0 heterocycles. The number of hydrogen-bond donors (Lipinski definition) is 3. The van der Waals surface area contributed by atoms with E-state index in [0.717, 1.165) is 68.8 Å². The molecule has 53 heavy (non-hydrogen) atoms. The fourth-order valence-electron chi connectivity index (χ4n) is 13.6. The molecule has 3 N–H and O–H groups in total. The van der Waals surface area contributed by atoms with Gasteiger partial charge in [0.15, 0.2) is 5.78 Å². The number of aliphatic hydroxyl groups excluding tert-OH is 2. The fraction of sp³-hybridized carbons (Fsp3) is 0.739. The molecule has 1 aromatic carbocycles. The van der Waals surface area contributed by atoms with Crippen LogP contribution in [-0.4, -0.2) is 48.1 Å². The minimum absolute atomic E-state index is 0.0154. The van der Waals surface area contributed by atoms with Gasteiger partial charge >= 0.3 is 0 Å². The smallest absolute Gasteiger partial charge is 0.160 e. The summed E-state index contributed by atoms with van der Waals surface area (Å²) in [5.41, 5.74) is 2.67. The van der Waals surface area contributed by atoms with Crippen molar-refractivity contribution in [3.05, 3.63) is 58.3 Å². The van der Waals surface area contributed by atoms with Crippen LogP contribution in [0.15, 0.2) is 47.7 Å². The summed E-state index contributed by atoms with van der Waals surface area (Å²) in [7, 11) is 1.00. The third kappa shape index (κ3) is 7.15. The average molecular weight is 753 g/mol. The van der Waals surface area contributed by atoms with Gasteiger partial charge in [0.1, 0.15) is 12.4 Å². The van der Waals surface area contributed by atoms with Crippen LogP contribution in [0.4, 0.5) is 0 Å². The Balaban J connectivity index is 0.00000266. The fourth-order valence-corrected chi connectivity index (χ4v) is 13.8. The van der Waals surface area contributed by atoms with Gasteiger partial charge in [-0.3, -0.25) is 4.79 Å². The van der Waals surface area contributed by atoms with Crippen molar-refractivity contribution in [3.63, 3.8) is 0 Å². The lowest BCUT2D eigenvalue weighted by Gasteiger charge is -2.71. The van der Waals surface area contributed by atoms with E-state index in [0.29, 0.717) is 48.7 Å². The minimum atomic E-state index is -0.633. The first-order valence-electron chi connectivity index (χ1n) is 20.4. The molecule has 5 aliphatic rings. The van der Waals surface area contributed by atoms with E-state index in [9.17, 15) is 14.7 Å². The quantitative estimate of drug-likeness (QED) is 0.154. The summed E-state index contributed by atoms with van der Waals surface area (Å²) < 4.78 is 6.66. The topological polar surface area (TPSA) is 95.9 Å². The molecule has 4 saturated carbocycles. The van der Waals surface area contributed by atoms with E-state index in [1.54, 1.807) is 0 Å². The summed E-state index contributed by atoms with van der Waals surface area (Å²) in [5.74, 6) is 2.73. The van der Waals surface area contributed by atoms with Crippen LogP contribution in [0.25, 0.3) is 0 Å². The Morgan fingerprint density at radius 3 is 2.26 bits per heavy atom. The van der Waals surface area contributed by atoms with Crippen LogP contribution in [0.5, 0.6) is 0 Å². The van der Waals surface area contributed by atoms with E-state index >= 15 is 0 Å². The van der Waals surface area contributed by atoms with Crippen molar-refractivity contribution in [2.75, 3.05) is 13.7 Å². The highest BCUT2D eigenvalue weighted by atomic mass is 35.5. The van der Waals surface area contributed by atoms with E-state index in [2.05, 4.69) is 66.4 Å². The molecule has 5 aliphatic carbocycles. The molecular formula is C46H70ClNO5. The van der Waals surface area contributed by atoms with E-state index in [4.69, 9.17) is 21.4 Å². The van der Waals surface area contributed by atoms with Crippen LogP contribution < -0.4 is 5.32 Å². The molecule has 6 nitrogen and oxygen atoms in total. The van der Waals surface area contributed by atoms with Gasteiger partial charge in [0.05, 0.1) is 11.9 Å². The number of aldehydes is 1. The summed E-state index contributed by atoms with van der Waals surface area (Å²) in [4.78, 5) is 25.7. The molecule has 9 unspecified atom stereocenters. The van der Waals surface area contributed by atoms with Gasteiger partial charge < -0.3 is 25.1 Å². The second-order valence-corrected chi connectivity index (χ2v) is 20.4. The lowest BCUT2D eigenvalue weighted by Crippen LogP contribution is -2.65. The zero-order valence-electron chi connectivity index (χ0n) is 34.5. The molecular weight excluding hydrogens is 682 g/mol. The third-order valence-electron chi connectivity index (χ3n) is 15.6. The van der Waals surface area contributed by atoms with Crippen molar-refractivity contribution in [1.29, 1.82) is 0 Å². The Hall–Kier alpha value is -1.99. The third-order valence-corrected chi connectivity index (χ3v) is 15.8. The van der Waals surface area contributed by atoms with Crippen molar-refractivity contribution < 1.29 is 24.5 Å². The van der Waals surface area contributed by atoms with Crippen molar-refractivity contribution in [3.8, 4) is 0 Å². The number of hydrogen-bond acceptors (Lipinski definition) is 6. The molecule has 296 valence electrons. The van der Waals surface area contributed by atoms with Gasteiger partial charge in [-0.25, -0.2) is 0 Å². The van der Waals surface area contributed by atoms with Crippen molar-refractivity contribution in [2.24, 2.45) is 56.2 Å². The van der Waals surface area contributed by atoms with E-state index in [1.165, 1.54) is 18.4 Å². The zero-order valence-corrected chi connectivity index (χ0v) is 35.3. The Morgan fingerprint density at radius 1 is 1.00 bits per heavy atom. The van der Waals surface area contributed by atoms with Crippen LogP contribution in [-0.2, 0) is 20.9 Å². The predicted octanol–water partition coefficient (Wildman–Crippen LogP) is 9.89. The maximum atomic E-state index is 14.1. The molecule has 0 aliphatic heterocycles. The minimum Gasteiger partial charge on any atom is -0.495 e. The Kier molecular flexibility index (Phi) is 12.1. The van der Waals surface area contributed by atoms with Crippen LogP contribution in [0.1, 0.15) is 132 Å². The number of aliphatic hydroxyl groups is 2. The lowest BCUT2D eigenvalue weighted by atomic mass is 9.34. The number of rotatable bonds is 11. The van der Waals surface area contributed by atoms with Crippen molar-refractivity contribution in [2.45, 2.75) is 145 Å².